The highest BCUT2D eigenvalue weighted by atomic mass is 32.2. The monoisotopic (exact) mass is 340 g/mol. The van der Waals surface area contributed by atoms with Crippen molar-refractivity contribution in [1.82, 2.24) is 5.32 Å². The van der Waals surface area contributed by atoms with Gasteiger partial charge in [-0.25, -0.2) is 4.79 Å². The van der Waals surface area contributed by atoms with Gasteiger partial charge in [0, 0.05) is 46.7 Å². The number of hydrogen-bond acceptors (Lipinski definition) is 3. The van der Waals surface area contributed by atoms with Crippen LogP contribution < -0.4 is 10.6 Å². The van der Waals surface area contributed by atoms with Crippen LogP contribution in [-0.4, -0.2) is 34.7 Å². The number of ether oxygens (including phenoxy) is 1. The molecule has 0 aliphatic rings. The zero-order valence-electron chi connectivity index (χ0n) is 14.5. The molecule has 5 nitrogen and oxygen atoms in total. The summed E-state index contributed by atoms with van der Waals surface area (Å²) in [6, 6.07) is 7.23. The predicted octanol–water partition coefficient (Wildman–Crippen LogP) is 3.28. The van der Waals surface area contributed by atoms with E-state index in [-0.39, 0.29) is 10.8 Å². The Morgan fingerprint density at radius 1 is 1.30 bits per heavy atom. The summed E-state index contributed by atoms with van der Waals surface area (Å²) in [5, 5.41) is 5.58. The first-order valence-electron chi connectivity index (χ1n) is 7.93. The molecule has 1 aromatic rings. The summed E-state index contributed by atoms with van der Waals surface area (Å²) in [5.41, 5.74) is 1.66. The van der Waals surface area contributed by atoms with E-state index in [1.165, 1.54) is 0 Å². The summed E-state index contributed by atoms with van der Waals surface area (Å²) >= 11 is 0. The van der Waals surface area contributed by atoms with E-state index in [0.29, 0.717) is 31.2 Å². The number of amides is 2. The fraction of sp³-hybridized carbons (Fsp3) is 0.588. The van der Waals surface area contributed by atoms with E-state index < -0.39 is 10.8 Å². The number of urea groups is 1. The number of nitrogens with one attached hydrogen (secondary N) is 2. The maximum absolute atomic E-state index is 12.2. The van der Waals surface area contributed by atoms with Crippen LogP contribution in [0.25, 0.3) is 0 Å². The van der Waals surface area contributed by atoms with Crippen LogP contribution in [0, 0.1) is 0 Å². The van der Waals surface area contributed by atoms with Gasteiger partial charge < -0.3 is 15.4 Å². The quantitative estimate of drug-likeness (QED) is 0.714. The Bertz CT molecular complexity index is 527. The van der Waals surface area contributed by atoms with Gasteiger partial charge in [0.2, 0.25) is 0 Å². The lowest BCUT2D eigenvalue weighted by Gasteiger charge is -2.18. The molecule has 2 amide bonds. The third kappa shape index (κ3) is 8.13. The second-order valence-corrected chi connectivity index (χ2v) is 8.44. The van der Waals surface area contributed by atoms with Crippen LogP contribution in [0.2, 0.25) is 0 Å². The van der Waals surface area contributed by atoms with Crippen molar-refractivity contribution in [1.29, 1.82) is 0 Å². The van der Waals surface area contributed by atoms with Gasteiger partial charge in [-0.05, 0) is 51.8 Å². The minimum Gasteiger partial charge on any atom is -0.382 e. The van der Waals surface area contributed by atoms with Crippen LogP contribution in [-0.2, 0) is 21.3 Å². The Labute approximate surface area is 141 Å². The molecule has 0 aliphatic carbocycles. The number of benzene rings is 1. The van der Waals surface area contributed by atoms with Crippen LogP contribution in [0.1, 0.15) is 39.7 Å². The van der Waals surface area contributed by atoms with Crippen LogP contribution in [0.3, 0.4) is 0 Å². The molecule has 0 aromatic heterocycles. The van der Waals surface area contributed by atoms with Crippen LogP contribution in [0.15, 0.2) is 24.3 Å². The summed E-state index contributed by atoms with van der Waals surface area (Å²) in [7, 11) is -0.960. The molecule has 2 N–H and O–H groups in total. The molecular formula is C17H28N2O3S. The summed E-state index contributed by atoms with van der Waals surface area (Å²) in [4.78, 5) is 11.8. The Morgan fingerprint density at radius 2 is 2.04 bits per heavy atom. The summed E-state index contributed by atoms with van der Waals surface area (Å²) in [5.74, 6) is 0.481. The topological polar surface area (TPSA) is 67.4 Å². The van der Waals surface area contributed by atoms with E-state index in [1.807, 2.05) is 52.0 Å². The Balaban J connectivity index is 2.47. The molecule has 0 saturated heterocycles. The lowest BCUT2D eigenvalue weighted by Crippen LogP contribution is -2.30. The minimum absolute atomic E-state index is 0.240. The van der Waals surface area contributed by atoms with E-state index in [0.717, 1.165) is 12.0 Å². The zero-order valence-corrected chi connectivity index (χ0v) is 15.3. The molecule has 1 rings (SSSR count). The van der Waals surface area contributed by atoms with Crippen molar-refractivity contribution in [2.45, 2.75) is 44.6 Å². The van der Waals surface area contributed by atoms with Crippen molar-refractivity contribution >= 4 is 22.5 Å². The summed E-state index contributed by atoms with van der Waals surface area (Å²) in [6.45, 7) is 9.72. The van der Waals surface area contributed by atoms with E-state index >= 15 is 0 Å². The first kappa shape index (κ1) is 19.6. The second-order valence-electron chi connectivity index (χ2n) is 6.23. The van der Waals surface area contributed by atoms with Gasteiger partial charge in [-0.2, -0.15) is 0 Å². The molecule has 0 radical (unpaired) electrons. The van der Waals surface area contributed by atoms with Crippen LogP contribution in [0.5, 0.6) is 0 Å². The highest BCUT2D eigenvalue weighted by molar-refractivity contribution is 7.85. The SMILES string of the molecule is CCOCCCNC(=O)Nc1cccc(C[S@](=O)C(C)(C)C)c1. The second kappa shape index (κ2) is 9.67. The molecular weight excluding hydrogens is 312 g/mol. The maximum Gasteiger partial charge on any atom is 0.319 e. The number of carbonyl (C=O) groups is 1. The van der Waals surface area contributed by atoms with E-state index in [4.69, 9.17) is 4.74 Å². The standard InChI is InChI=1S/C17H28N2O3S/c1-5-22-11-7-10-18-16(20)19-15-9-6-8-14(12-15)13-23(21)17(2,3)4/h6,8-9,12H,5,7,10-11,13H2,1-4H3,(H2,18,19,20)/t23-/m0/s1. The van der Waals surface area contributed by atoms with Crippen molar-refractivity contribution in [2.24, 2.45) is 0 Å². The average Bonchev–Trinajstić information content (AvgIpc) is 2.46. The number of rotatable bonds is 8. The van der Waals surface area contributed by atoms with Gasteiger partial charge in [0.25, 0.3) is 0 Å². The van der Waals surface area contributed by atoms with Gasteiger partial charge in [0.15, 0.2) is 0 Å². The fourth-order valence-electron chi connectivity index (χ4n) is 1.80. The van der Waals surface area contributed by atoms with Gasteiger partial charge >= 0.3 is 6.03 Å². The molecule has 130 valence electrons. The largest absolute Gasteiger partial charge is 0.382 e. The zero-order chi connectivity index (χ0) is 17.3. The summed E-state index contributed by atoms with van der Waals surface area (Å²) < 4.78 is 17.2. The molecule has 0 heterocycles. The molecule has 0 bridgehead atoms. The first-order valence-corrected chi connectivity index (χ1v) is 9.25. The lowest BCUT2D eigenvalue weighted by molar-refractivity contribution is 0.145. The third-order valence-corrected chi connectivity index (χ3v) is 5.08. The molecule has 1 aromatic carbocycles. The number of hydrogen-bond donors (Lipinski definition) is 2. The van der Waals surface area contributed by atoms with Crippen molar-refractivity contribution in [3.8, 4) is 0 Å². The molecule has 1 atom stereocenters. The highest BCUT2D eigenvalue weighted by Gasteiger charge is 2.19. The maximum atomic E-state index is 12.2. The smallest absolute Gasteiger partial charge is 0.319 e. The van der Waals surface area contributed by atoms with Crippen molar-refractivity contribution in [3.05, 3.63) is 29.8 Å². The van der Waals surface area contributed by atoms with Crippen molar-refractivity contribution in [3.63, 3.8) is 0 Å². The van der Waals surface area contributed by atoms with Gasteiger partial charge in [0.1, 0.15) is 0 Å². The van der Waals surface area contributed by atoms with Crippen LogP contribution >= 0.6 is 0 Å². The molecule has 0 aliphatic heterocycles. The minimum atomic E-state index is -0.960. The molecule has 0 spiro atoms. The number of carbonyl (C=O) groups excluding carboxylic acids is 1. The molecule has 23 heavy (non-hydrogen) atoms. The van der Waals surface area contributed by atoms with Crippen molar-refractivity contribution < 1.29 is 13.7 Å². The number of anilines is 1. The van der Waals surface area contributed by atoms with E-state index in [9.17, 15) is 9.00 Å². The van der Waals surface area contributed by atoms with E-state index in [1.54, 1.807) is 0 Å². The van der Waals surface area contributed by atoms with E-state index in [2.05, 4.69) is 10.6 Å². The molecule has 6 heteroatoms. The Morgan fingerprint density at radius 3 is 2.70 bits per heavy atom. The molecule has 0 fully saturated rings. The average molecular weight is 340 g/mol. The van der Waals surface area contributed by atoms with Crippen LogP contribution in [0.4, 0.5) is 10.5 Å². The normalized spacial score (nSPS) is 12.7. The Hall–Kier alpha value is -1.40. The molecule has 0 unspecified atom stereocenters. The lowest BCUT2D eigenvalue weighted by atomic mass is 10.2. The fourth-order valence-corrected chi connectivity index (χ4v) is 2.72. The van der Waals surface area contributed by atoms with Gasteiger partial charge in [-0.3, -0.25) is 4.21 Å². The predicted molar refractivity (Wildman–Crippen MR) is 96.2 cm³/mol. The van der Waals surface area contributed by atoms with Gasteiger partial charge in [-0.1, -0.05) is 12.1 Å². The van der Waals surface area contributed by atoms with Gasteiger partial charge in [-0.15, -0.1) is 0 Å². The molecule has 0 saturated carbocycles. The first-order chi connectivity index (χ1) is 10.8. The highest BCUT2D eigenvalue weighted by Crippen LogP contribution is 2.18. The van der Waals surface area contributed by atoms with Gasteiger partial charge in [0.05, 0.1) is 0 Å². The van der Waals surface area contributed by atoms with Crippen molar-refractivity contribution in [2.75, 3.05) is 25.1 Å². The Kier molecular flexibility index (Phi) is 8.26. The summed E-state index contributed by atoms with van der Waals surface area (Å²) in [6.07, 6.45) is 0.784. The third-order valence-electron chi connectivity index (χ3n) is 3.12.